The number of H-pyrrole nitrogens is 1. The first-order valence-electron chi connectivity index (χ1n) is 9.46. The van der Waals surface area contributed by atoms with E-state index in [1.807, 2.05) is 6.07 Å². The Morgan fingerprint density at radius 1 is 1.33 bits per heavy atom. The van der Waals surface area contributed by atoms with E-state index in [1.54, 1.807) is 19.1 Å². The number of benzene rings is 1. The summed E-state index contributed by atoms with van der Waals surface area (Å²) in [6.07, 6.45) is 2.33. The van der Waals surface area contributed by atoms with Crippen LogP contribution in [-0.4, -0.2) is 15.9 Å². The third kappa shape index (κ3) is 3.03. The second-order valence-electron chi connectivity index (χ2n) is 7.60. The summed E-state index contributed by atoms with van der Waals surface area (Å²) in [5.74, 6) is -2.46. The number of nitrogens with zero attached hydrogens (tertiary/aromatic N) is 2. The molecule has 3 aromatic rings. The lowest BCUT2D eigenvalue weighted by molar-refractivity contribution is -0.124. The van der Waals surface area contributed by atoms with Crippen molar-refractivity contribution in [3.8, 4) is 6.07 Å². The average Bonchev–Trinajstić information content (AvgIpc) is 3.52. The zero-order valence-electron chi connectivity index (χ0n) is 16.3. The first kappa shape index (κ1) is 19.7. The molecule has 1 aromatic carbocycles. The monoisotopic (exact) mass is 408 g/mol. The largest absolute Gasteiger partial charge is 0.347 e. The highest BCUT2D eigenvalue weighted by atomic mass is 19.2. The molecule has 1 amide bonds. The number of amides is 1. The number of rotatable bonds is 4. The molecule has 0 bridgehead atoms. The zero-order chi connectivity index (χ0) is 21.6. The predicted molar refractivity (Wildman–Crippen MR) is 106 cm³/mol. The number of fused-ring (bicyclic) bond motifs is 1. The van der Waals surface area contributed by atoms with Crippen LogP contribution in [0.2, 0.25) is 0 Å². The Morgan fingerprint density at radius 2 is 2.07 bits per heavy atom. The first-order chi connectivity index (χ1) is 14.3. The molecule has 1 aliphatic rings. The second-order valence-corrected chi connectivity index (χ2v) is 7.60. The molecule has 0 radical (unpaired) electrons. The highest BCUT2D eigenvalue weighted by Gasteiger charge is 2.54. The molecule has 1 atom stereocenters. The number of aromatic nitrogens is 2. The topological polar surface area (TPSA) is 98.6 Å². The first-order valence-corrected chi connectivity index (χ1v) is 9.46. The summed E-state index contributed by atoms with van der Waals surface area (Å²) < 4.78 is 28.2. The molecule has 8 heteroatoms. The lowest BCUT2D eigenvalue weighted by Gasteiger charge is -2.21. The summed E-state index contributed by atoms with van der Waals surface area (Å²) >= 11 is 0. The third-order valence-electron chi connectivity index (χ3n) is 5.68. The van der Waals surface area contributed by atoms with Gasteiger partial charge in [-0.25, -0.2) is 8.78 Å². The van der Waals surface area contributed by atoms with Gasteiger partial charge in [0.05, 0.1) is 34.3 Å². The maximum atomic E-state index is 14.5. The number of hydrogen-bond acceptors (Lipinski definition) is 4. The second kappa shape index (κ2) is 7.02. The standard InChI is InChI=1S/C22H18F2N4O2/c1-11-17-15(4-3-14(23)19(17)24)28-20(29)18(11)22(6-7-22)21(30)27-12(2)16-9-13(10-25)5-8-26-16/h3-5,8-9,12H,6-7H2,1-2H3,(H,27,30)(H,28,29)/t12-/m1/s1. The fourth-order valence-corrected chi connectivity index (χ4v) is 3.96. The van der Waals surface area contributed by atoms with E-state index in [0.717, 1.165) is 6.07 Å². The van der Waals surface area contributed by atoms with Gasteiger partial charge in [0.25, 0.3) is 5.56 Å². The SMILES string of the molecule is Cc1c(C2(C(=O)N[C@H](C)c3cc(C#N)ccn3)CC2)c(=O)[nH]c2ccc(F)c(F)c12. The quantitative estimate of drug-likeness (QED) is 0.692. The number of nitriles is 1. The fourth-order valence-electron chi connectivity index (χ4n) is 3.96. The van der Waals surface area contributed by atoms with Crippen LogP contribution in [0, 0.1) is 29.9 Å². The molecule has 6 nitrogen and oxygen atoms in total. The maximum absolute atomic E-state index is 14.5. The molecule has 1 fully saturated rings. The van der Waals surface area contributed by atoms with Gasteiger partial charge in [-0.3, -0.25) is 14.6 Å². The van der Waals surface area contributed by atoms with Crippen LogP contribution < -0.4 is 10.9 Å². The minimum absolute atomic E-state index is 0.0277. The summed E-state index contributed by atoms with van der Waals surface area (Å²) in [6, 6.07) is 6.92. The van der Waals surface area contributed by atoms with E-state index in [1.165, 1.54) is 19.2 Å². The van der Waals surface area contributed by atoms with E-state index in [-0.39, 0.29) is 27.9 Å². The van der Waals surface area contributed by atoms with Crippen molar-refractivity contribution in [3.05, 3.63) is 74.8 Å². The smallest absolute Gasteiger partial charge is 0.252 e. The van der Waals surface area contributed by atoms with Crippen LogP contribution in [0.5, 0.6) is 0 Å². The van der Waals surface area contributed by atoms with Gasteiger partial charge in [-0.05, 0) is 56.5 Å². The van der Waals surface area contributed by atoms with Crippen LogP contribution in [0.1, 0.15) is 48.2 Å². The van der Waals surface area contributed by atoms with E-state index in [4.69, 9.17) is 5.26 Å². The van der Waals surface area contributed by atoms with Gasteiger partial charge in [-0.1, -0.05) is 0 Å². The Labute approximate surface area is 170 Å². The van der Waals surface area contributed by atoms with Crippen molar-refractivity contribution in [2.75, 3.05) is 0 Å². The number of nitrogens with one attached hydrogen (secondary N) is 2. The van der Waals surface area contributed by atoms with Gasteiger partial charge >= 0.3 is 0 Å². The Morgan fingerprint density at radius 3 is 2.73 bits per heavy atom. The third-order valence-corrected chi connectivity index (χ3v) is 5.68. The molecule has 0 spiro atoms. The minimum atomic E-state index is -1.11. The van der Waals surface area contributed by atoms with Gasteiger partial charge in [-0.2, -0.15) is 5.26 Å². The normalized spacial score (nSPS) is 15.4. The molecule has 0 saturated heterocycles. The van der Waals surface area contributed by atoms with Gasteiger partial charge in [0.2, 0.25) is 5.91 Å². The number of aromatic amines is 1. The minimum Gasteiger partial charge on any atom is -0.347 e. The number of hydrogen-bond donors (Lipinski definition) is 2. The Kier molecular flexibility index (Phi) is 4.61. The number of carbonyl (C=O) groups excluding carboxylic acids is 1. The van der Waals surface area contributed by atoms with Crippen molar-refractivity contribution < 1.29 is 13.6 Å². The fraction of sp³-hybridized carbons (Fsp3) is 0.273. The molecule has 2 heterocycles. The molecule has 2 N–H and O–H groups in total. The van der Waals surface area contributed by atoms with Crippen LogP contribution in [0.4, 0.5) is 8.78 Å². The van der Waals surface area contributed by atoms with Gasteiger partial charge in [-0.15, -0.1) is 0 Å². The molecular formula is C22H18F2N4O2. The maximum Gasteiger partial charge on any atom is 0.252 e. The van der Waals surface area contributed by atoms with Crippen molar-refractivity contribution >= 4 is 16.8 Å². The van der Waals surface area contributed by atoms with Gasteiger partial charge < -0.3 is 10.3 Å². The van der Waals surface area contributed by atoms with Crippen LogP contribution in [0.15, 0.2) is 35.3 Å². The molecule has 152 valence electrons. The van der Waals surface area contributed by atoms with E-state index in [0.29, 0.717) is 24.1 Å². The van der Waals surface area contributed by atoms with E-state index >= 15 is 0 Å². The molecule has 0 aliphatic heterocycles. The van der Waals surface area contributed by atoms with Gasteiger partial charge in [0.1, 0.15) is 0 Å². The number of carbonyl (C=O) groups is 1. The van der Waals surface area contributed by atoms with Crippen molar-refractivity contribution in [1.82, 2.24) is 15.3 Å². The molecule has 0 unspecified atom stereocenters. The summed E-state index contributed by atoms with van der Waals surface area (Å²) in [4.78, 5) is 32.7. The van der Waals surface area contributed by atoms with Crippen molar-refractivity contribution in [2.45, 2.75) is 38.1 Å². The molecule has 30 heavy (non-hydrogen) atoms. The van der Waals surface area contributed by atoms with Crippen LogP contribution in [-0.2, 0) is 10.2 Å². The van der Waals surface area contributed by atoms with Crippen LogP contribution >= 0.6 is 0 Å². The molecular weight excluding hydrogens is 390 g/mol. The Balaban J connectivity index is 1.73. The molecule has 4 rings (SSSR count). The molecule has 1 saturated carbocycles. The highest BCUT2D eigenvalue weighted by molar-refractivity contribution is 5.94. The van der Waals surface area contributed by atoms with Crippen molar-refractivity contribution in [1.29, 1.82) is 5.26 Å². The van der Waals surface area contributed by atoms with Gasteiger partial charge in [0.15, 0.2) is 11.6 Å². The summed E-state index contributed by atoms with van der Waals surface area (Å²) in [5.41, 5.74) is -0.0696. The van der Waals surface area contributed by atoms with Crippen molar-refractivity contribution in [3.63, 3.8) is 0 Å². The summed E-state index contributed by atoms with van der Waals surface area (Å²) in [5, 5.41) is 11.9. The summed E-state index contributed by atoms with van der Waals surface area (Å²) in [7, 11) is 0. The number of aryl methyl sites for hydroxylation is 1. The lowest BCUT2D eigenvalue weighted by Crippen LogP contribution is -2.40. The highest BCUT2D eigenvalue weighted by Crippen LogP contribution is 2.49. The van der Waals surface area contributed by atoms with Crippen LogP contribution in [0.3, 0.4) is 0 Å². The van der Waals surface area contributed by atoms with E-state index in [9.17, 15) is 18.4 Å². The van der Waals surface area contributed by atoms with Crippen molar-refractivity contribution in [2.24, 2.45) is 0 Å². The lowest BCUT2D eigenvalue weighted by atomic mass is 9.89. The molecule has 1 aliphatic carbocycles. The van der Waals surface area contributed by atoms with Gasteiger partial charge in [0, 0.05) is 17.1 Å². The predicted octanol–water partition coefficient (Wildman–Crippen LogP) is 3.29. The average molecular weight is 408 g/mol. The summed E-state index contributed by atoms with van der Waals surface area (Å²) in [6.45, 7) is 3.26. The van der Waals surface area contributed by atoms with E-state index in [2.05, 4.69) is 15.3 Å². The zero-order valence-corrected chi connectivity index (χ0v) is 16.3. The Bertz CT molecular complexity index is 1290. The number of halogens is 2. The Hall–Kier alpha value is -3.60. The molecule has 2 aromatic heterocycles. The number of pyridine rings is 2. The van der Waals surface area contributed by atoms with E-state index < -0.39 is 28.7 Å². The van der Waals surface area contributed by atoms with Crippen LogP contribution in [0.25, 0.3) is 10.9 Å².